The van der Waals surface area contributed by atoms with Gasteiger partial charge < -0.3 is 4.90 Å². The topological polar surface area (TPSA) is 61.9 Å². The molecule has 122 valence electrons. The highest BCUT2D eigenvalue weighted by Crippen LogP contribution is 2.21. The molecule has 2 heterocycles. The fourth-order valence-electron chi connectivity index (χ4n) is 3.06. The first-order chi connectivity index (χ1) is 11.6. The summed E-state index contributed by atoms with van der Waals surface area (Å²) in [6.07, 6.45) is 3.70. The van der Waals surface area contributed by atoms with Gasteiger partial charge in [0.1, 0.15) is 11.6 Å². The molecule has 1 aliphatic rings. The van der Waals surface area contributed by atoms with Crippen LogP contribution in [0.15, 0.2) is 35.9 Å². The van der Waals surface area contributed by atoms with Crippen molar-refractivity contribution >= 4 is 12.0 Å². The first-order valence-corrected chi connectivity index (χ1v) is 8.14. The number of para-hydroxylation sites is 1. The number of likely N-dealkylation sites (tertiary alicyclic amines) is 1. The van der Waals surface area contributed by atoms with Gasteiger partial charge in [0.05, 0.1) is 11.4 Å². The Morgan fingerprint density at radius 3 is 2.50 bits per heavy atom. The summed E-state index contributed by atoms with van der Waals surface area (Å²) >= 11 is 0. The number of amides is 1. The molecule has 0 saturated carbocycles. The Hall–Kier alpha value is -2.87. The smallest absolute Gasteiger partial charge is 0.264 e. The highest BCUT2D eigenvalue weighted by Gasteiger charge is 2.22. The van der Waals surface area contributed by atoms with Crippen molar-refractivity contribution in [3.05, 3.63) is 52.9 Å². The minimum Gasteiger partial charge on any atom is -0.338 e. The van der Waals surface area contributed by atoms with Crippen LogP contribution in [-0.4, -0.2) is 33.7 Å². The van der Waals surface area contributed by atoms with Gasteiger partial charge in [-0.15, -0.1) is 0 Å². The molecule has 0 spiro atoms. The van der Waals surface area contributed by atoms with Gasteiger partial charge in [-0.3, -0.25) is 4.79 Å². The van der Waals surface area contributed by atoms with Crippen molar-refractivity contribution in [3.8, 4) is 11.8 Å². The molecule has 0 N–H and O–H groups in total. The van der Waals surface area contributed by atoms with Gasteiger partial charge in [0, 0.05) is 24.3 Å². The maximum atomic E-state index is 12.5. The fourth-order valence-corrected chi connectivity index (χ4v) is 3.06. The fraction of sp³-hybridized carbons (Fsp3) is 0.316. The third kappa shape index (κ3) is 2.95. The Morgan fingerprint density at radius 1 is 1.21 bits per heavy atom. The van der Waals surface area contributed by atoms with E-state index in [-0.39, 0.29) is 11.5 Å². The molecule has 0 aliphatic carbocycles. The van der Waals surface area contributed by atoms with Crippen molar-refractivity contribution in [2.45, 2.75) is 26.7 Å². The van der Waals surface area contributed by atoms with E-state index in [4.69, 9.17) is 0 Å². The monoisotopic (exact) mass is 320 g/mol. The van der Waals surface area contributed by atoms with E-state index in [0.717, 1.165) is 48.6 Å². The summed E-state index contributed by atoms with van der Waals surface area (Å²) in [4.78, 5) is 14.2. The summed E-state index contributed by atoms with van der Waals surface area (Å²) in [5.41, 5.74) is 3.69. The molecule has 1 aromatic carbocycles. The number of hydrogen-bond donors (Lipinski definition) is 0. The van der Waals surface area contributed by atoms with Gasteiger partial charge in [-0.05, 0) is 44.9 Å². The predicted octanol–water partition coefficient (Wildman–Crippen LogP) is 3.02. The van der Waals surface area contributed by atoms with E-state index in [1.165, 1.54) is 0 Å². The van der Waals surface area contributed by atoms with E-state index >= 15 is 0 Å². The van der Waals surface area contributed by atoms with Crippen LogP contribution in [0.2, 0.25) is 0 Å². The quantitative estimate of drug-likeness (QED) is 0.645. The maximum absolute atomic E-state index is 12.5. The molecule has 2 aromatic rings. The summed E-state index contributed by atoms with van der Waals surface area (Å²) in [6, 6.07) is 11.9. The van der Waals surface area contributed by atoms with Crippen molar-refractivity contribution in [2.75, 3.05) is 13.1 Å². The zero-order chi connectivity index (χ0) is 17.1. The lowest BCUT2D eigenvalue weighted by Gasteiger charge is -2.14. The van der Waals surface area contributed by atoms with Crippen LogP contribution in [0.4, 0.5) is 0 Å². The normalized spacial score (nSPS) is 14.7. The number of benzene rings is 1. The molecule has 1 amide bonds. The molecule has 5 nitrogen and oxygen atoms in total. The van der Waals surface area contributed by atoms with Crippen LogP contribution in [-0.2, 0) is 4.79 Å². The first kappa shape index (κ1) is 16.0. The molecular formula is C19H20N4O. The van der Waals surface area contributed by atoms with E-state index in [1.807, 2.05) is 48.9 Å². The van der Waals surface area contributed by atoms with Gasteiger partial charge in [-0.25, -0.2) is 4.68 Å². The van der Waals surface area contributed by atoms with Crippen molar-refractivity contribution in [1.82, 2.24) is 14.7 Å². The molecule has 0 unspecified atom stereocenters. The van der Waals surface area contributed by atoms with Gasteiger partial charge in [-0.1, -0.05) is 18.2 Å². The lowest BCUT2D eigenvalue weighted by atomic mass is 10.1. The van der Waals surface area contributed by atoms with E-state index in [2.05, 4.69) is 11.2 Å². The molecule has 5 heteroatoms. The van der Waals surface area contributed by atoms with Crippen LogP contribution in [0, 0.1) is 25.2 Å². The summed E-state index contributed by atoms with van der Waals surface area (Å²) in [5.74, 6) is -0.179. The van der Waals surface area contributed by atoms with Crippen molar-refractivity contribution < 1.29 is 4.79 Å². The Morgan fingerprint density at radius 2 is 1.88 bits per heavy atom. The van der Waals surface area contributed by atoms with Crippen molar-refractivity contribution in [3.63, 3.8) is 0 Å². The summed E-state index contributed by atoms with van der Waals surface area (Å²) in [6.45, 7) is 5.32. The predicted molar refractivity (Wildman–Crippen MR) is 92.4 cm³/mol. The molecule has 3 rings (SSSR count). The second-order valence-corrected chi connectivity index (χ2v) is 6.00. The second kappa shape index (κ2) is 6.71. The number of nitrogens with zero attached hydrogens (tertiary/aromatic N) is 4. The number of nitriles is 1. The highest BCUT2D eigenvalue weighted by molar-refractivity contribution is 6.02. The van der Waals surface area contributed by atoms with Crippen molar-refractivity contribution in [1.29, 1.82) is 5.26 Å². The number of hydrogen-bond acceptors (Lipinski definition) is 3. The van der Waals surface area contributed by atoms with Gasteiger partial charge in [0.25, 0.3) is 5.91 Å². The molecular weight excluding hydrogens is 300 g/mol. The van der Waals surface area contributed by atoms with Crippen LogP contribution >= 0.6 is 0 Å². The van der Waals surface area contributed by atoms with E-state index < -0.39 is 0 Å². The molecule has 24 heavy (non-hydrogen) atoms. The van der Waals surface area contributed by atoms with Gasteiger partial charge in [-0.2, -0.15) is 10.4 Å². The van der Waals surface area contributed by atoms with Crippen LogP contribution in [0.3, 0.4) is 0 Å². The van der Waals surface area contributed by atoms with Crippen LogP contribution in [0.5, 0.6) is 0 Å². The molecule has 1 saturated heterocycles. The molecule has 0 bridgehead atoms. The summed E-state index contributed by atoms with van der Waals surface area (Å²) in [5, 5.41) is 14.0. The SMILES string of the molecule is Cc1nn(-c2ccccc2)c(C)c1/C=C(\C#N)C(=O)N1CCCC1. The maximum Gasteiger partial charge on any atom is 0.264 e. The highest BCUT2D eigenvalue weighted by atomic mass is 16.2. The minimum atomic E-state index is -0.179. The standard InChI is InChI=1S/C19H20N4O/c1-14-18(12-16(13-20)19(24)22-10-6-7-11-22)15(2)23(21-14)17-8-4-3-5-9-17/h3-5,8-9,12H,6-7,10-11H2,1-2H3/b16-12+. The van der Waals surface area contributed by atoms with Gasteiger partial charge in [0.15, 0.2) is 0 Å². The largest absolute Gasteiger partial charge is 0.338 e. The van der Waals surface area contributed by atoms with E-state index in [9.17, 15) is 10.1 Å². The first-order valence-electron chi connectivity index (χ1n) is 8.14. The molecule has 1 aromatic heterocycles. The Kier molecular flexibility index (Phi) is 4.48. The average molecular weight is 320 g/mol. The number of carbonyl (C=O) groups excluding carboxylic acids is 1. The summed E-state index contributed by atoms with van der Waals surface area (Å²) < 4.78 is 1.84. The zero-order valence-electron chi connectivity index (χ0n) is 14.0. The Labute approximate surface area is 141 Å². The molecule has 1 fully saturated rings. The van der Waals surface area contributed by atoms with Crippen LogP contribution in [0.25, 0.3) is 11.8 Å². The number of aryl methyl sites for hydroxylation is 1. The average Bonchev–Trinajstić information content (AvgIpc) is 3.23. The number of aromatic nitrogens is 2. The molecule has 1 aliphatic heterocycles. The van der Waals surface area contributed by atoms with E-state index in [0.29, 0.717) is 0 Å². The number of carbonyl (C=O) groups is 1. The van der Waals surface area contributed by atoms with Crippen molar-refractivity contribution in [2.24, 2.45) is 0 Å². The third-order valence-corrected chi connectivity index (χ3v) is 4.38. The zero-order valence-corrected chi connectivity index (χ0v) is 14.0. The Balaban J connectivity index is 1.98. The van der Waals surface area contributed by atoms with Gasteiger partial charge >= 0.3 is 0 Å². The van der Waals surface area contributed by atoms with Crippen LogP contribution in [0.1, 0.15) is 29.8 Å². The van der Waals surface area contributed by atoms with E-state index in [1.54, 1.807) is 11.0 Å². The third-order valence-electron chi connectivity index (χ3n) is 4.38. The minimum absolute atomic E-state index is 0.177. The lowest BCUT2D eigenvalue weighted by molar-refractivity contribution is -0.125. The van der Waals surface area contributed by atoms with Crippen LogP contribution < -0.4 is 0 Å². The summed E-state index contributed by atoms with van der Waals surface area (Å²) in [7, 11) is 0. The molecule has 0 atom stereocenters. The van der Waals surface area contributed by atoms with Gasteiger partial charge in [0.2, 0.25) is 0 Å². The Bertz CT molecular complexity index is 821. The lowest BCUT2D eigenvalue weighted by Crippen LogP contribution is -2.28. The molecule has 0 radical (unpaired) electrons. The number of rotatable bonds is 3. The second-order valence-electron chi connectivity index (χ2n) is 6.00.